The van der Waals surface area contributed by atoms with Crippen molar-refractivity contribution in [3.63, 3.8) is 0 Å². The van der Waals surface area contributed by atoms with Crippen molar-refractivity contribution >= 4 is 40.9 Å². The van der Waals surface area contributed by atoms with Crippen LogP contribution in [0, 0.1) is 6.92 Å². The van der Waals surface area contributed by atoms with Gasteiger partial charge >= 0.3 is 5.97 Å². The average Bonchev–Trinajstić information content (AvgIpc) is 3.05. The molecule has 2 saturated heterocycles. The van der Waals surface area contributed by atoms with E-state index in [4.69, 9.17) is 5.73 Å². The summed E-state index contributed by atoms with van der Waals surface area (Å²) in [5, 5.41) is 11.8. The molecule has 0 aromatic carbocycles. The molecule has 2 aliphatic rings. The number of rotatable bonds is 4. The van der Waals surface area contributed by atoms with Gasteiger partial charge in [-0.1, -0.05) is 0 Å². The number of thiophene rings is 1. The molecular weight excluding hydrogens is 362 g/mol. The summed E-state index contributed by atoms with van der Waals surface area (Å²) in [5.74, 6) is -1.85. The Bertz CT molecular complexity index is 762. The molecule has 1 aromatic heterocycles. The van der Waals surface area contributed by atoms with E-state index in [9.17, 15) is 19.5 Å². The molecule has 2 amide bonds. The minimum atomic E-state index is -1.15. The molecule has 4 N–H and O–H groups in total. The fourth-order valence-corrected chi connectivity index (χ4v) is 5.94. The lowest BCUT2D eigenvalue weighted by molar-refractivity contribution is -0.168. The maximum atomic E-state index is 12.7. The van der Waals surface area contributed by atoms with Crippen molar-refractivity contribution in [2.24, 2.45) is 5.73 Å². The van der Waals surface area contributed by atoms with Crippen molar-refractivity contribution in [2.75, 3.05) is 0 Å². The van der Waals surface area contributed by atoms with Crippen LogP contribution in [0.3, 0.4) is 0 Å². The number of hydrogen-bond donors (Lipinski definition) is 3. The molecule has 3 heterocycles. The Hall–Kier alpha value is -1.58. The molecular formula is C16H21N3O4S2. The van der Waals surface area contributed by atoms with Crippen LogP contribution >= 0.6 is 23.1 Å². The van der Waals surface area contributed by atoms with Gasteiger partial charge in [0.15, 0.2) is 0 Å². The summed E-state index contributed by atoms with van der Waals surface area (Å²) in [6, 6.07) is 1.92. The Morgan fingerprint density at radius 1 is 1.36 bits per heavy atom. The molecule has 0 radical (unpaired) electrons. The number of nitrogens with one attached hydrogen (secondary N) is 1. The number of carboxylic acid groups (broad SMARTS) is 1. The number of carbonyl (C=O) groups excluding carboxylic acids is 2. The van der Waals surface area contributed by atoms with Crippen molar-refractivity contribution in [3.8, 4) is 0 Å². The van der Waals surface area contributed by atoms with Crippen LogP contribution in [0.5, 0.6) is 0 Å². The molecule has 136 valence electrons. The van der Waals surface area contributed by atoms with Gasteiger partial charge in [0.05, 0.1) is 0 Å². The highest BCUT2D eigenvalue weighted by Gasteiger charge is 2.70. The normalized spacial score (nSPS) is 31.2. The van der Waals surface area contributed by atoms with E-state index in [0.717, 1.165) is 9.75 Å². The number of carboxylic acids is 1. The zero-order chi connectivity index (χ0) is 18.7. The zero-order valence-corrected chi connectivity index (χ0v) is 16.0. The molecule has 25 heavy (non-hydrogen) atoms. The number of nitrogens with two attached hydrogens (primary N) is 1. The highest BCUT2D eigenvalue weighted by Crippen LogP contribution is 2.54. The second-order valence-electron chi connectivity index (χ2n) is 7.14. The van der Waals surface area contributed by atoms with Crippen molar-refractivity contribution in [3.05, 3.63) is 21.9 Å². The number of hydrogen-bond acceptors (Lipinski definition) is 6. The summed E-state index contributed by atoms with van der Waals surface area (Å²) in [4.78, 5) is 39.9. The fourth-order valence-electron chi connectivity index (χ4n) is 3.42. The topological polar surface area (TPSA) is 113 Å². The van der Waals surface area contributed by atoms with Gasteiger partial charge in [0.1, 0.15) is 23.0 Å². The summed E-state index contributed by atoms with van der Waals surface area (Å²) in [5.41, 5.74) is 4.88. The lowest BCUT2D eigenvalue weighted by Crippen LogP contribution is -2.78. The van der Waals surface area contributed by atoms with E-state index in [2.05, 4.69) is 5.32 Å². The lowest BCUT2D eigenvalue weighted by atomic mass is 9.86. The number of aryl methyl sites for hydroxylation is 1. The first-order chi connectivity index (χ1) is 11.5. The SMILES string of the molecule is Cc1ccc(C(N)C(=O)NC2(C)C(=O)N3[C@@H](C(=O)O)C(C)(C)S[C@@H]32)s1. The quantitative estimate of drug-likeness (QED) is 0.671. The number of β-lactam (4-membered cyclic amide) rings is 1. The number of thioether (sulfide) groups is 1. The number of fused-ring (bicyclic) bond motifs is 1. The molecule has 3 rings (SSSR count). The Labute approximate surface area is 153 Å². The molecule has 9 heteroatoms. The molecule has 2 unspecified atom stereocenters. The van der Waals surface area contributed by atoms with Gasteiger partial charge in [-0.05, 0) is 39.8 Å². The first-order valence-corrected chi connectivity index (χ1v) is 9.56. The summed E-state index contributed by atoms with van der Waals surface area (Å²) < 4.78 is -0.637. The van der Waals surface area contributed by atoms with E-state index < -0.39 is 39.6 Å². The van der Waals surface area contributed by atoms with Gasteiger partial charge in [-0.15, -0.1) is 23.1 Å². The van der Waals surface area contributed by atoms with Crippen molar-refractivity contribution in [1.82, 2.24) is 10.2 Å². The summed E-state index contributed by atoms with van der Waals surface area (Å²) in [6.45, 7) is 7.15. The van der Waals surface area contributed by atoms with Crippen molar-refractivity contribution < 1.29 is 19.5 Å². The Morgan fingerprint density at radius 2 is 2.00 bits per heavy atom. The third kappa shape index (κ3) is 2.65. The zero-order valence-electron chi connectivity index (χ0n) is 14.4. The monoisotopic (exact) mass is 383 g/mol. The van der Waals surface area contributed by atoms with E-state index in [1.54, 1.807) is 26.8 Å². The molecule has 1 aromatic rings. The van der Waals surface area contributed by atoms with Gasteiger partial charge < -0.3 is 21.1 Å². The van der Waals surface area contributed by atoms with Crippen molar-refractivity contribution in [2.45, 2.75) is 55.4 Å². The smallest absolute Gasteiger partial charge is 0.327 e. The van der Waals surface area contributed by atoms with Crippen LogP contribution in [0.15, 0.2) is 12.1 Å². The number of amides is 2. The second kappa shape index (κ2) is 5.72. The minimum absolute atomic E-state index is 0.383. The van der Waals surface area contributed by atoms with Crippen molar-refractivity contribution in [1.29, 1.82) is 0 Å². The van der Waals surface area contributed by atoms with Gasteiger partial charge in [-0.2, -0.15) is 0 Å². The molecule has 7 nitrogen and oxygen atoms in total. The van der Waals surface area contributed by atoms with E-state index in [1.165, 1.54) is 28.0 Å². The van der Waals surface area contributed by atoms with Gasteiger partial charge in [-0.3, -0.25) is 9.59 Å². The molecule has 0 saturated carbocycles. The first kappa shape index (κ1) is 18.2. The largest absolute Gasteiger partial charge is 0.480 e. The van der Waals surface area contributed by atoms with Crippen LogP contribution in [-0.2, 0) is 14.4 Å². The number of carbonyl (C=O) groups is 3. The second-order valence-corrected chi connectivity index (χ2v) is 10.2. The standard InChI is InChI=1S/C16H21N3O4S2/c1-7-5-6-8(24-7)9(17)11(20)18-16(4)13(23)19-10(12(21)22)15(2,3)25-14(16)19/h5-6,9-10,14H,17H2,1-4H3,(H,18,20)(H,21,22)/t9?,10-,14+,16?/m0/s1. The Kier molecular flexibility index (Phi) is 4.17. The highest BCUT2D eigenvalue weighted by atomic mass is 32.2. The lowest BCUT2D eigenvalue weighted by Gasteiger charge is -2.51. The highest BCUT2D eigenvalue weighted by molar-refractivity contribution is 8.01. The predicted octanol–water partition coefficient (Wildman–Crippen LogP) is 1.08. The van der Waals surface area contributed by atoms with Gasteiger partial charge in [-0.25, -0.2) is 4.79 Å². The first-order valence-electron chi connectivity index (χ1n) is 7.86. The molecule has 2 fully saturated rings. The molecule has 0 aliphatic carbocycles. The summed E-state index contributed by atoms with van der Waals surface area (Å²) in [6.07, 6.45) is 0. The molecule has 2 aliphatic heterocycles. The average molecular weight is 383 g/mol. The summed E-state index contributed by atoms with van der Waals surface area (Å²) >= 11 is 2.83. The molecule has 0 spiro atoms. The maximum Gasteiger partial charge on any atom is 0.327 e. The van der Waals surface area contributed by atoms with E-state index >= 15 is 0 Å². The van der Waals surface area contributed by atoms with Crippen LogP contribution in [0.2, 0.25) is 0 Å². The van der Waals surface area contributed by atoms with Crippen LogP contribution in [0.1, 0.15) is 36.6 Å². The van der Waals surface area contributed by atoms with Gasteiger partial charge in [0, 0.05) is 14.5 Å². The third-order valence-electron chi connectivity index (χ3n) is 4.74. The fraction of sp³-hybridized carbons (Fsp3) is 0.562. The van der Waals surface area contributed by atoms with Crippen LogP contribution in [0.4, 0.5) is 0 Å². The van der Waals surface area contributed by atoms with Gasteiger partial charge in [0.2, 0.25) is 5.91 Å². The number of aliphatic carboxylic acids is 1. The van der Waals surface area contributed by atoms with Crippen LogP contribution < -0.4 is 11.1 Å². The Balaban J connectivity index is 1.79. The Morgan fingerprint density at radius 3 is 2.52 bits per heavy atom. The minimum Gasteiger partial charge on any atom is -0.480 e. The van der Waals surface area contributed by atoms with E-state index in [1.807, 2.05) is 13.0 Å². The van der Waals surface area contributed by atoms with Crippen LogP contribution in [0.25, 0.3) is 0 Å². The third-order valence-corrected chi connectivity index (χ3v) is 7.58. The van der Waals surface area contributed by atoms with Crippen LogP contribution in [-0.4, -0.2) is 49.5 Å². The molecule has 0 bridgehead atoms. The maximum absolute atomic E-state index is 12.7. The molecule has 4 atom stereocenters. The predicted molar refractivity (Wildman–Crippen MR) is 96.3 cm³/mol. The van der Waals surface area contributed by atoms with E-state index in [-0.39, 0.29) is 5.91 Å². The number of nitrogens with zero attached hydrogens (tertiary/aromatic N) is 1. The van der Waals surface area contributed by atoms with E-state index in [0.29, 0.717) is 0 Å². The van der Waals surface area contributed by atoms with Gasteiger partial charge in [0.25, 0.3) is 5.91 Å². The summed E-state index contributed by atoms with van der Waals surface area (Å²) in [7, 11) is 0.